The number of halogens is 1. The molecule has 1 aliphatic carbocycles. The molecular formula is C24H30BrN5O5. The summed E-state index contributed by atoms with van der Waals surface area (Å²) in [5, 5.41) is 9.01. The minimum Gasteiger partial charge on any atom is -0.496 e. The highest BCUT2D eigenvalue weighted by Gasteiger charge is 2.34. The number of rotatable bonds is 10. The molecular weight excluding hydrogens is 518 g/mol. The van der Waals surface area contributed by atoms with E-state index in [1.54, 1.807) is 19.2 Å². The summed E-state index contributed by atoms with van der Waals surface area (Å²) in [5.74, 6) is -1.22. The van der Waals surface area contributed by atoms with Gasteiger partial charge in [0.05, 0.1) is 12.6 Å². The summed E-state index contributed by atoms with van der Waals surface area (Å²) < 4.78 is 6.20. The van der Waals surface area contributed by atoms with Gasteiger partial charge in [0, 0.05) is 22.3 Å². The summed E-state index contributed by atoms with van der Waals surface area (Å²) in [6.07, 6.45) is 4.00. The van der Waals surface area contributed by atoms with Crippen LogP contribution in [0, 0.1) is 11.8 Å². The second-order valence-electron chi connectivity index (χ2n) is 9.29. The van der Waals surface area contributed by atoms with Crippen LogP contribution in [0.4, 0.5) is 0 Å². The molecule has 0 bridgehead atoms. The Balaban J connectivity index is 1.47. The van der Waals surface area contributed by atoms with E-state index in [1.807, 2.05) is 6.07 Å². The number of benzene rings is 1. The minimum absolute atomic E-state index is 0.133. The normalized spacial score (nSPS) is 19.5. The number of amides is 4. The minimum atomic E-state index is -0.996. The number of hydrogen-bond donors (Lipinski definition) is 5. The SMILES string of the molecule is COc1cc(Br)cc2[nH]c(C(=O)N[C@@H](CC3CC3)C(=O)N[C@@H](C[C@@H]3CCCNC3=O)C(N)=O)cc12. The predicted octanol–water partition coefficient (Wildman–Crippen LogP) is 1.72. The molecule has 4 rings (SSSR count). The van der Waals surface area contributed by atoms with Gasteiger partial charge < -0.3 is 31.4 Å². The number of carbonyl (C=O) groups excluding carboxylic acids is 4. The topological polar surface area (TPSA) is 155 Å². The van der Waals surface area contributed by atoms with E-state index >= 15 is 0 Å². The van der Waals surface area contributed by atoms with Crippen molar-refractivity contribution in [2.24, 2.45) is 17.6 Å². The molecule has 2 aromatic rings. The molecule has 2 aliphatic rings. The number of nitrogens with two attached hydrogens (primary N) is 1. The smallest absolute Gasteiger partial charge is 0.268 e. The highest BCUT2D eigenvalue weighted by Crippen LogP contribution is 2.34. The van der Waals surface area contributed by atoms with E-state index in [4.69, 9.17) is 10.5 Å². The number of methoxy groups -OCH3 is 1. The van der Waals surface area contributed by atoms with Crippen LogP contribution in [0.2, 0.25) is 0 Å². The molecule has 2 fully saturated rings. The van der Waals surface area contributed by atoms with Gasteiger partial charge in [-0.05, 0) is 49.8 Å². The fourth-order valence-corrected chi connectivity index (χ4v) is 4.92. The van der Waals surface area contributed by atoms with Crippen molar-refractivity contribution in [3.63, 3.8) is 0 Å². The molecule has 0 radical (unpaired) electrons. The van der Waals surface area contributed by atoms with Crippen LogP contribution in [0.5, 0.6) is 5.75 Å². The van der Waals surface area contributed by atoms with Gasteiger partial charge in [-0.2, -0.15) is 0 Å². The van der Waals surface area contributed by atoms with Gasteiger partial charge in [0.25, 0.3) is 5.91 Å². The Labute approximate surface area is 211 Å². The molecule has 6 N–H and O–H groups in total. The lowest BCUT2D eigenvalue weighted by Crippen LogP contribution is -2.54. The molecule has 4 amide bonds. The maximum atomic E-state index is 13.2. The average Bonchev–Trinajstić information content (AvgIpc) is 3.54. The standard InChI is InChI=1S/C24H30BrN5O5/c1-35-20-10-14(25)9-16-15(20)11-19(28-16)24(34)30-18(7-12-4-5-12)23(33)29-17(21(26)31)8-13-3-2-6-27-22(13)32/h9-13,17-18,28H,2-8H2,1H3,(H2,26,31)(H,27,32)(H,29,33)(H,30,34)/t13-,17-,18-/m0/s1. The van der Waals surface area contributed by atoms with Gasteiger partial charge in [-0.3, -0.25) is 19.2 Å². The Morgan fingerprint density at radius 1 is 1.14 bits per heavy atom. The van der Waals surface area contributed by atoms with Crippen molar-refractivity contribution in [1.82, 2.24) is 20.9 Å². The van der Waals surface area contributed by atoms with Crippen LogP contribution in [0.25, 0.3) is 10.9 Å². The number of fused-ring (bicyclic) bond motifs is 1. The van der Waals surface area contributed by atoms with E-state index in [1.165, 1.54) is 0 Å². The van der Waals surface area contributed by atoms with Crippen LogP contribution >= 0.6 is 15.9 Å². The Hall–Kier alpha value is -3.08. The van der Waals surface area contributed by atoms with E-state index in [0.29, 0.717) is 36.6 Å². The number of carbonyl (C=O) groups is 4. The van der Waals surface area contributed by atoms with E-state index in [0.717, 1.165) is 29.1 Å². The molecule has 11 heteroatoms. The molecule has 1 saturated heterocycles. The number of aromatic amines is 1. The number of hydrogen-bond acceptors (Lipinski definition) is 5. The number of ether oxygens (including phenoxy) is 1. The summed E-state index contributed by atoms with van der Waals surface area (Å²) in [4.78, 5) is 53.5. The number of aromatic nitrogens is 1. The first kappa shape index (κ1) is 25.0. The first-order valence-corrected chi connectivity index (χ1v) is 12.6. The molecule has 3 atom stereocenters. The summed E-state index contributed by atoms with van der Waals surface area (Å²) >= 11 is 3.42. The quantitative estimate of drug-likeness (QED) is 0.306. The lowest BCUT2D eigenvalue weighted by molar-refractivity contribution is -0.131. The van der Waals surface area contributed by atoms with Crippen molar-refractivity contribution in [2.45, 2.75) is 50.6 Å². The summed E-state index contributed by atoms with van der Waals surface area (Å²) in [7, 11) is 1.55. The Morgan fingerprint density at radius 2 is 1.91 bits per heavy atom. The van der Waals surface area contributed by atoms with E-state index in [2.05, 4.69) is 36.9 Å². The summed E-state index contributed by atoms with van der Waals surface area (Å²) in [5.41, 5.74) is 6.54. The Morgan fingerprint density at radius 3 is 2.57 bits per heavy atom. The van der Waals surface area contributed by atoms with Crippen molar-refractivity contribution >= 4 is 50.5 Å². The van der Waals surface area contributed by atoms with Crippen molar-refractivity contribution in [3.05, 3.63) is 28.4 Å². The Kier molecular flexibility index (Phi) is 7.63. The second kappa shape index (κ2) is 10.7. The third-order valence-electron chi connectivity index (χ3n) is 6.60. The zero-order valence-electron chi connectivity index (χ0n) is 19.5. The second-order valence-corrected chi connectivity index (χ2v) is 10.2. The fraction of sp³-hybridized carbons (Fsp3) is 0.500. The summed E-state index contributed by atoms with van der Waals surface area (Å²) in [6.45, 7) is 0.606. The lowest BCUT2D eigenvalue weighted by atomic mass is 9.91. The van der Waals surface area contributed by atoms with Crippen LogP contribution in [0.1, 0.15) is 49.0 Å². The van der Waals surface area contributed by atoms with Gasteiger partial charge >= 0.3 is 0 Å². The van der Waals surface area contributed by atoms with E-state index in [9.17, 15) is 19.2 Å². The van der Waals surface area contributed by atoms with Crippen molar-refractivity contribution in [3.8, 4) is 5.75 Å². The molecule has 35 heavy (non-hydrogen) atoms. The van der Waals surface area contributed by atoms with Gasteiger partial charge in [-0.25, -0.2) is 0 Å². The van der Waals surface area contributed by atoms with E-state index < -0.39 is 35.7 Å². The monoisotopic (exact) mass is 547 g/mol. The van der Waals surface area contributed by atoms with Gasteiger partial charge in [0.2, 0.25) is 17.7 Å². The zero-order valence-corrected chi connectivity index (χ0v) is 21.1. The highest BCUT2D eigenvalue weighted by atomic mass is 79.9. The van der Waals surface area contributed by atoms with Gasteiger partial charge in [-0.15, -0.1) is 0 Å². The van der Waals surface area contributed by atoms with Gasteiger partial charge in [0.1, 0.15) is 23.5 Å². The van der Waals surface area contributed by atoms with Gasteiger partial charge in [-0.1, -0.05) is 28.8 Å². The lowest BCUT2D eigenvalue weighted by Gasteiger charge is -2.27. The van der Waals surface area contributed by atoms with Crippen LogP contribution < -0.4 is 26.4 Å². The van der Waals surface area contributed by atoms with Crippen LogP contribution in [0.3, 0.4) is 0 Å². The van der Waals surface area contributed by atoms with Crippen molar-refractivity contribution in [2.75, 3.05) is 13.7 Å². The van der Waals surface area contributed by atoms with Crippen molar-refractivity contribution in [1.29, 1.82) is 0 Å². The predicted molar refractivity (Wildman–Crippen MR) is 133 cm³/mol. The maximum Gasteiger partial charge on any atom is 0.268 e. The molecule has 1 aliphatic heterocycles. The molecule has 1 aromatic heterocycles. The van der Waals surface area contributed by atoms with Crippen LogP contribution in [-0.2, 0) is 14.4 Å². The molecule has 1 saturated carbocycles. The molecule has 10 nitrogen and oxygen atoms in total. The molecule has 188 valence electrons. The average molecular weight is 548 g/mol. The highest BCUT2D eigenvalue weighted by molar-refractivity contribution is 9.10. The number of piperidine rings is 1. The number of H-pyrrole nitrogens is 1. The number of primary amides is 1. The maximum absolute atomic E-state index is 13.2. The van der Waals surface area contributed by atoms with Gasteiger partial charge in [0.15, 0.2) is 0 Å². The van der Waals surface area contributed by atoms with Crippen LogP contribution in [-0.4, -0.2) is 54.4 Å². The third-order valence-corrected chi connectivity index (χ3v) is 7.05. The zero-order chi connectivity index (χ0) is 25.1. The third kappa shape index (κ3) is 6.14. The number of nitrogens with one attached hydrogen (secondary N) is 4. The molecule has 0 unspecified atom stereocenters. The summed E-state index contributed by atoms with van der Waals surface area (Å²) in [6, 6.07) is 3.48. The van der Waals surface area contributed by atoms with Crippen LogP contribution in [0.15, 0.2) is 22.7 Å². The molecule has 0 spiro atoms. The Bertz CT molecular complexity index is 1140. The fourth-order valence-electron chi connectivity index (χ4n) is 4.48. The molecule has 2 heterocycles. The molecule has 1 aromatic carbocycles. The largest absolute Gasteiger partial charge is 0.496 e. The van der Waals surface area contributed by atoms with Crippen molar-refractivity contribution < 1.29 is 23.9 Å². The van der Waals surface area contributed by atoms with E-state index in [-0.39, 0.29) is 18.0 Å². The first-order chi connectivity index (χ1) is 16.7. The first-order valence-electron chi connectivity index (χ1n) is 11.8.